The molecule has 1 heterocycles. The maximum atomic E-state index is 13.3. The van der Waals surface area contributed by atoms with Gasteiger partial charge in [0.05, 0.1) is 12.3 Å². The Labute approximate surface area is 114 Å². The van der Waals surface area contributed by atoms with Gasteiger partial charge in [-0.05, 0) is 71.7 Å². The van der Waals surface area contributed by atoms with Crippen molar-refractivity contribution in [1.29, 1.82) is 0 Å². The van der Waals surface area contributed by atoms with Gasteiger partial charge in [-0.1, -0.05) is 0 Å². The van der Waals surface area contributed by atoms with E-state index in [9.17, 15) is 4.39 Å². The SMILES string of the molecule is CNC(c1ccoc1Br)c1c(C)cc(F)cc1C. The van der Waals surface area contributed by atoms with Crippen LogP contribution in [0.15, 0.2) is 33.5 Å². The number of halogens is 2. The standard InChI is InChI=1S/C14H15BrFNO/c1-8-6-10(16)7-9(2)12(8)13(17-3)11-4-5-18-14(11)15/h4-7,13,17H,1-3H3. The molecule has 0 aliphatic heterocycles. The van der Waals surface area contributed by atoms with Gasteiger partial charge in [-0.2, -0.15) is 0 Å². The molecule has 0 aliphatic carbocycles. The number of rotatable bonds is 3. The molecule has 96 valence electrons. The van der Waals surface area contributed by atoms with Gasteiger partial charge in [-0.25, -0.2) is 4.39 Å². The van der Waals surface area contributed by atoms with Crippen LogP contribution in [0.5, 0.6) is 0 Å². The predicted molar refractivity (Wildman–Crippen MR) is 73.2 cm³/mol. The maximum Gasteiger partial charge on any atom is 0.174 e. The Morgan fingerprint density at radius 2 is 1.89 bits per heavy atom. The van der Waals surface area contributed by atoms with Crippen LogP contribution in [0.25, 0.3) is 0 Å². The minimum atomic E-state index is -0.199. The Kier molecular flexibility index (Phi) is 3.88. The molecule has 0 aliphatic rings. The highest BCUT2D eigenvalue weighted by molar-refractivity contribution is 9.10. The van der Waals surface area contributed by atoms with Crippen molar-refractivity contribution in [3.63, 3.8) is 0 Å². The minimum absolute atomic E-state index is 0.0151. The van der Waals surface area contributed by atoms with Crippen LogP contribution in [0.2, 0.25) is 0 Å². The quantitative estimate of drug-likeness (QED) is 0.923. The molecule has 0 saturated heterocycles. The van der Waals surface area contributed by atoms with Gasteiger partial charge in [0.25, 0.3) is 0 Å². The van der Waals surface area contributed by atoms with E-state index in [4.69, 9.17) is 4.42 Å². The zero-order valence-corrected chi connectivity index (χ0v) is 12.1. The summed E-state index contributed by atoms with van der Waals surface area (Å²) in [5.41, 5.74) is 3.95. The summed E-state index contributed by atoms with van der Waals surface area (Å²) < 4.78 is 19.3. The number of furan rings is 1. The Hall–Kier alpha value is -1.13. The van der Waals surface area contributed by atoms with Gasteiger partial charge in [0, 0.05) is 5.56 Å². The average Bonchev–Trinajstić information content (AvgIpc) is 2.69. The van der Waals surface area contributed by atoms with E-state index < -0.39 is 0 Å². The Morgan fingerprint density at radius 3 is 2.33 bits per heavy atom. The lowest BCUT2D eigenvalue weighted by atomic mass is 9.92. The Balaban J connectivity index is 2.56. The third-order valence-corrected chi connectivity index (χ3v) is 3.74. The monoisotopic (exact) mass is 311 g/mol. The van der Waals surface area contributed by atoms with Gasteiger partial charge in [0.2, 0.25) is 0 Å². The topological polar surface area (TPSA) is 25.2 Å². The molecule has 18 heavy (non-hydrogen) atoms. The van der Waals surface area contributed by atoms with Crippen molar-refractivity contribution in [2.24, 2.45) is 0 Å². The first-order valence-electron chi connectivity index (χ1n) is 5.71. The largest absolute Gasteiger partial charge is 0.457 e. The van der Waals surface area contributed by atoms with Crippen molar-refractivity contribution < 1.29 is 8.81 Å². The van der Waals surface area contributed by atoms with Crippen LogP contribution in [0.1, 0.15) is 28.3 Å². The average molecular weight is 312 g/mol. The third-order valence-electron chi connectivity index (χ3n) is 3.09. The van der Waals surface area contributed by atoms with Gasteiger partial charge in [0.15, 0.2) is 4.67 Å². The molecule has 0 amide bonds. The molecule has 0 bridgehead atoms. The van der Waals surface area contributed by atoms with Crippen molar-refractivity contribution in [3.8, 4) is 0 Å². The second-order valence-corrected chi connectivity index (χ2v) is 5.04. The van der Waals surface area contributed by atoms with E-state index in [1.165, 1.54) is 0 Å². The second kappa shape index (κ2) is 5.24. The predicted octanol–water partition coefficient (Wildman–Crippen LogP) is 4.11. The molecule has 0 saturated carbocycles. The number of nitrogens with one attached hydrogen (secondary N) is 1. The summed E-state index contributed by atoms with van der Waals surface area (Å²) in [6.45, 7) is 3.84. The van der Waals surface area contributed by atoms with Crippen molar-refractivity contribution in [1.82, 2.24) is 5.32 Å². The van der Waals surface area contributed by atoms with E-state index in [1.54, 1.807) is 18.4 Å². The van der Waals surface area contributed by atoms with Crippen molar-refractivity contribution >= 4 is 15.9 Å². The van der Waals surface area contributed by atoms with Gasteiger partial charge < -0.3 is 9.73 Å². The Morgan fingerprint density at radius 1 is 1.28 bits per heavy atom. The second-order valence-electron chi connectivity index (χ2n) is 4.32. The highest BCUT2D eigenvalue weighted by atomic mass is 79.9. The smallest absolute Gasteiger partial charge is 0.174 e. The molecule has 1 aromatic carbocycles. The molecule has 1 atom stereocenters. The summed E-state index contributed by atoms with van der Waals surface area (Å²) in [7, 11) is 1.88. The molecule has 2 aromatic rings. The normalized spacial score (nSPS) is 12.7. The molecular formula is C14H15BrFNO. The lowest BCUT2D eigenvalue weighted by molar-refractivity contribution is 0.529. The van der Waals surface area contributed by atoms with Crippen LogP contribution in [0, 0.1) is 19.7 Å². The maximum absolute atomic E-state index is 13.3. The lowest BCUT2D eigenvalue weighted by Crippen LogP contribution is -2.19. The van der Waals surface area contributed by atoms with Gasteiger partial charge in [0.1, 0.15) is 5.82 Å². The highest BCUT2D eigenvalue weighted by Gasteiger charge is 2.21. The Bertz CT molecular complexity index is 542. The van der Waals surface area contributed by atoms with E-state index in [0.717, 1.165) is 22.3 Å². The summed E-state index contributed by atoms with van der Waals surface area (Å²) in [6, 6.07) is 5.01. The molecule has 0 spiro atoms. The summed E-state index contributed by atoms with van der Waals surface area (Å²) in [5, 5.41) is 3.25. The van der Waals surface area contributed by atoms with E-state index in [0.29, 0.717) is 4.67 Å². The molecule has 0 fully saturated rings. The summed E-state index contributed by atoms with van der Waals surface area (Å²) >= 11 is 3.39. The summed E-state index contributed by atoms with van der Waals surface area (Å²) in [6.07, 6.45) is 1.64. The van der Waals surface area contributed by atoms with E-state index >= 15 is 0 Å². The van der Waals surface area contributed by atoms with Crippen molar-refractivity contribution in [2.75, 3.05) is 7.05 Å². The first-order chi connectivity index (χ1) is 8.54. The summed E-state index contributed by atoms with van der Waals surface area (Å²) in [5.74, 6) is -0.199. The van der Waals surface area contributed by atoms with Crippen molar-refractivity contribution in [3.05, 3.63) is 57.2 Å². The highest BCUT2D eigenvalue weighted by Crippen LogP contribution is 2.33. The lowest BCUT2D eigenvalue weighted by Gasteiger charge is -2.20. The van der Waals surface area contributed by atoms with Crippen LogP contribution < -0.4 is 5.32 Å². The molecule has 2 nitrogen and oxygen atoms in total. The number of hydrogen-bond donors (Lipinski definition) is 1. The number of benzene rings is 1. The molecule has 1 N–H and O–H groups in total. The molecule has 2 rings (SSSR count). The fraction of sp³-hybridized carbons (Fsp3) is 0.286. The molecule has 1 unspecified atom stereocenters. The number of aryl methyl sites for hydroxylation is 2. The molecule has 4 heteroatoms. The van der Waals surface area contributed by atoms with Crippen LogP contribution in [0.4, 0.5) is 4.39 Å². The zero-order chi connectivity index (χ0) is 13.3. The molecular weight excluding hydrogens is 297 g/mol. The molecule has 0 radical (unpaired) electrons. The fourth-order valence-electron chi connectivity index (χ4n) is 2.34. The van der Waals surface area contributed by atoms with E-state index in [-0.39, 0.29) is 11.9 Å². The van der Waals surface area contributed by atoms with Crippen LogP contribution in [0.3, 0.4) is 0 Å². The van der Waals surface area contributed by atoms with E-state index in [2.05, 4.69) is 21.2 Å². The van der Waals surface area contributed by atoms with Gasteiger partial charge >= 0.3 is 0 Å². The van der Waals surface area contributed by atoms with E-state index in [1.807, 2.05) is 27.0 Å². The fourth-order valence-corrected chi connectivity index (χ4v) is 2.81. The zero-order valence-electron chi connectivity index (χ0n) is 10.6. The van der Waals surface area contributed by atoms with Gasteiger partial charge in [-0.15, -0.1) is 0 Å². The number of hydrogen-bond acceptors (Lipinski definition) is 2. The first kappa shape index (κ1) is 13.3. The third kappa shape index (κ3) is 2.35. The van der Waals surface area contributed by atoms with Gasteiger partial charge in [-0.3, -0.25) is 0 Å². The first-order valence-corrected chi connectivity index (χ1v) is 6.50. The van der Waals surface area contributed by atoms with Crippen LogP contribution in [-0.4, -0.2) is 7.05 Å². The van der Waals surface area contributed by atoms with Crippen LogP contribution >= 0.6 is 15.9 Å². The summed E-state index contributed by atoms with van der Waals surface area (Å²) in [4.78, 5) is 0. The van der Waals surface area contributed by atoms with Crippen LogP contribution in [-0.2, 0) is 0 Å². The van der Waals surface area contributed by atoms with Crippen molar-refractivity contribution in [2.45, 2.75) is 19.9 Å². The molecule has 1 aromatic heterocycles. The minimum Gasteiger partial charge on any atom is -0.457 e.